The summed E-state index contributed by atoms with van der Waals surface area (Å²) in [6.07, 6.45) is -0.623. The molecule has 0 heterocycles. The van der Waals surface area contributed by atoms with Crippen molar-refractivity contribution < 1.29 is 48.1 Å². The van der Waals surface area contributed by atoms with Crippen molar-refractivity contribution in [2.75, 3.05) is 14.1 Å². The highest BCUT2D eigenvalue weighted by Crippen LogP contribution is 2.16. The van der Waals surface area contributed by atoms with Gasteiger partial charge in [-0.25, -0.2) is 19.2 Å². The molecule has 0 aromatic heterocycles. The average Bonchev–Trinajstić information content (AvgIpc) is 3.15. The molecule has 15 nitrogen and oxygen atoms in total. The first kappa shape index (κ1) is 51.3. The van der Waals surface area contributed by atoms with E-state index in [0.717, 1.165) is 12.0 Å². The van der Waals surface area contributed by atoms with E-state index in [2.05, 4.69) is 26.0 Å². The summed E-state index contributed by atoms with van der Waals surface area (Å²) in [6.45, 7) is 14.2. The Morgan fingerprint density at radius 2 is 1.00 bits per heavy atom. The van der Waals surface area contributed by atoms with Gasteiger partial charge in [-0.1, -0.05) is 97.9 Å². The third-order valence-corrected chi connectivity index (χ3v) is 6.99. The van der Waals surface area contributed by atoms with Gasteiger partial charge in [-0.15, -0.1) is 0 Å². The molecule has 57 heavy (non-hydrogen) atoms. The summed E-state index contributed by atoms with van der Waals surface area (Å²) >= 11 is 4.89. The van der Waals surface area contributed by atoms with Crippen molar-refractivity contribution >= 4 is 47.0 Å². The van der Waals surface area contributed by atoms with Gasteiger partial charge in [0.05, 0.1) is 0 Å². The van der Waals surface area contributed by atoms with Gasteiger partial charge in [-0.05, 0) is 71.6 Å². The van der Waals surface area contributed by atoms with Crippen LogP contribution in [0.25, 0.3) is 0 Å². The first-order valence-electron chi connectivity index (χ1n) is 18.0. The lowest BCUT2D eigenvalue weighted by Crippen LogP contribution is -2.41. The molecular formula is C41H58ClN5O10. The number of carbonyl (C=O) groups is 6. The molecule has 0 aliphatic carbocycles. The zero-order valence-corrected chi connectivity index (χ0v) is 35.0. The first-order valence-corrected chi connectivity index (χ1v) is 18.3. The predicted octanol–water partition coefficient (Wildman–Crippen LogP) is 6.93. The van der Waals surface area contributed by atoms with E-state index < -0.39 is 52.9 Å². The van der Waals surface area contributed by atoms with E-state index in [-0.39, 0.29) is 17.9 Å². The highest BCUT2D eigenvalue weighted by atomic mass is 35.5. The van der Waals surface area contributed by atoms with Crippen LogP contribution in [0.15, 0.2) is 91.0 Å². The smallest absolute Gasteiger partial charge is 0.408 e. The quantitative estimate of drug-likeness (QED) is 0.0909. The second-order valence-corrected chi connectivity index (χ2v) is 14.3. The monoisotopic (exact) mass is 815 g/mol. The highest BCUT2D eigenvalue weighted by molar-refractivity contribution is 6.61. The van der Waals surface area contributed by atoms with Gasteiger partial charge in [0.15, 0.2) is 6.04 Å². The van der Waals surface area contributed by atoms with E-state index in [9.17, 15) is 28.8 Å². The van der Waals surface area contributed by atoms with E-state index in [1.165, 1.54) is 7.05 Å². The topological polar surface area (TPSA) is 224 Å². The van der Waals surface area contributed by atoms with Gasteiger partial charge in [0.2, 0.25) is 11.8 Å². The van der Waals surface area contributed by atoms with E-state index in [1.54, 1.807) is 98.0 Å². The van der Waals surface area contributed by atoms with Crippen LogP contribution in [0.4, 0.5) is 14.4 Å². The van der Waals surface area contributed by atoms with Crippen LogP contribution in [0.3, 0.4) is 0 Å². The van der Waals surface area contributed by atoms with Gasteiger partial charge >= 0.3 is 23.6 Å². The van der Waals surface area contributed by atoms with Gasteiger partial charge in [0.1, 0.15) is 29.4 Å². The molecule has 3 aromatic rings. The van der Waals surface area contributed by atoms with Crippen LogP contribution in [0.5, 0.6) is 0 Å². The molecule has 0 saturated carbocycles. The van der Waals surface area contributed by atoms with Gasteiger partial charge in [-0.3, -0.25) is 9.59 Å². The molecule has 0 saturated heterocycles. The predicted molar refractivity (Wildman–Crippen MR) is 218 cm³/mol. The van der Waals surface area contributed by atoms with Crippen molar-refractivity contribution in [2.45, 2.75) is 97.2 Å². The fraction of sp³-hybridized carbons (Fsp3) is 0.415. The Bertz CT molecular complexity index is 1670. The first-order chi connectivity index (χ1) is 26.5. The van der Waals surface area contributed by atoms with Crippen LogP contribution >= 0.6 is 11.6 Å². The summed E-state index contributed by atoms with van der Waals surface area (Å²) in [7, 11) is 3.10. The normalized spacial score (nSPS) is 12.5. The molecule has 0 spiro atoms. The standard InChI is InChI=1S/C14H20N2O3.C13H17NO4.C9H12N2O.C5H9ClO2/c1-14(2,3)19-13(18)16-11(12(17)15-4)10-8-6-5-7-9-10;1-13(2,3)18-12(17)14-10(11(15)16)9-7-5-4-6-8-9;1-11-9(12)8(10)7-5-3-2-4-6-7;1-3-4(2)8-5(6)7/h5-9,11H,1-4H3,(H,15,17)(H,16,18);4-8,10H,1-3H3,(H,14,17)(H,15,16);2-6,8H,10H2,1H3,(H,11,12);4H,3H2,1-2H3/t11-;10-;8-;/m000./s1. The zero-order chi connectivity index (χ0) is 43.8. The van der Waals surface area contributed by atoms with Crippen molar-refractivity contribution in [3.8, 4) is 0 Å². The van der Waals surface area contributed by atoms with E-state index in [4.69, 9.17) is 31.9 Å². The number of alkyl carbamates (subject to hydrolysis) is 2. The number of nitrogens with two attached hydrogens (primary N) is 1. The number of hydrogen-bond acceptors (Lipinski definition) is 10. The molecule has 0 aliphatic rings. The minimum absolute atomic E-state index is 0.0556. The lowest BCUT2D eigenvalue weighted by molar-refractivity contribution is -0.139. The van der Waals surface area contributed by atoms with Gasteiger partial charge in [0.25, 0.3) is 0 Å². The summed E-state index contributed by atoms with van der Waals surface area (Å²) in [4.78, 5) is 67.3. The summed E-state index contributed by atoms with van der Waals surface area (Å²) in [5.41, 5.74) is 5.68. The Balaban J connectivity index is 0.000000768. The fourth-order valence-corrected chi connectivity index (χ4v) is 4.23. The Kier molecular flexibility index (Phi) is 23.6. The number of amides is 4. The van der Waals surface area contributed by atoms with E-state index >= 15 is 0 Å². The molecule has 4 atom stereocenters. The Morgan fingerprint density at radius 3 is 1.30 bits per heavy atom. The van der Waals surface area contributed by atoms with Crippen molar-refractivity contribution in [3.63, 3.8) is 0 Å². The van der Waals surface area contributed by atoms with Crippen LogP contribution in [0.2, 0.25) is 0 Å². The number of ether oxygens (including phenoxy) is 3. The minimum atomic E-state index is -1.13. The number of hydrogen-bond donors (Lipinski definition) is 6. The maximum atomic E-state index is 11.8. The van der Waals surface area contributed by atoms with E-state index in [1.807, 2.05) is 55.5 Å². The Labute approximate surface area is 340 Å². The van der Waals surface area contributed by atoms with Crippen LogP contribution in [0.1, 0.15) is 96.6 Å². The molecule has 16 heteroatoms. The molecule has 3 rings (SSSR count). The van der Waals surface area contributed by atoms with Crippen LogP contribution in [-0.2, 0) is 28.6 Å². The number of halogens is 1. The van der Waals surface area contributed by atoms with Crippen LogP contribution in [-0.4, -0.2) is 71.9 Å². The minimum Gasteiger partial charge on any atom is -0.479 e. The summed E-state index contributed by atoms with van der Waals surface area (Å²) in [5.74, 6) is -1.59. The molecule has 4 amide bonds. The second kappa shape index (κ2) is 26.2. The maximum absolute atomic E-state index is 11.8. The van der Waals surface area contributed by atoms with Crippen LogP contribution < -0.4 is 27.0 Å². The molecule has 1 unspecified atom stereocenters. The molecule has 3 aromatic carbocycles. The molecule has 314 valence electrons. The number of likely N-dealkylation sites (N-methyl/N-ethyl adjacent to an activating group) is 2. The lowest BCUT2D eigenvalue weighted by Gasteiger charge is -2.23. The largest absolute Gasteiger partial charge is 0.479 e. The van der Waals surface area contributed by atoms with Crippen molar-refractivity contribution in [1.82, 2.24) is 21.3 Å². The number of rotatable bonds is 10. The van der Waals surface area contributed by atoms with Gasteiger partial charge in [0, 0.05) is 25.7 Å². The van der Waals surface area contributed by atoms with E-state index in [0.29, 0.717) is 11.1 Å². The van der Waals surface area contributed by atoms with Gasteiger partial charge < -0.3 is 46.3 Å². The Morgan fingerprint density at radius 1 is 0.649 bits per heavy atom. The number of nitrogens with one attached hydrogen (secondary N) is 4. The van der Waals surface area contributed by atoms with Crippen molar-refractivity contribution in [2.24, 2.45) is 5.73 Å². The van der Waals surface area contributed by atoms with Crippen molar-refractivity contribution in [1.29, 1.82) is 0 Å². The molecular weight excluding hydrogens is 758 g/mol. The number of carboxylic acid groups (broad SMARTS) is 1. The molecule has 0 aliphatic heterocycles. The Hall–Kier alpha value is -5.67. The van der Waals surface area contributed by atoms with Crippen molar-refractivity contribution in [3.05, 3.63) is 108 Å². The number of carbonyl (C=O) groups excluding carboxylic acids is 5. The second-order valence-electron chi connectivity index (χ2n) is 14.0. The third kappa shape index (κ3) is 23.8. The molecule has 0 radical (unpaired) electrons. The molecule has 0 fully saturated rings. The number of carboxylic acids is 1. The lowest BCUT2D eigenvalue weighted by atomic mass is 10.1. The van der Waals surface area contributed by atoms with Gasteiger partial charge in [-0.2, -0.15) is 0 Å². The van der Waals surface area contributed by atoms with Crippen LogP contribution in [0, 0.1) is 0 Å². The fourth-order valence-electron chi connectivity index (χ4n) is 4.08. The highest BCUT2D eigenvalue weighted by Gasteiger charge is 2.26. The maximum Gasteiger partial charge on any atom is 0.408 e. The summed E-state index contributed by atoms with van der Waals surface area (Å²) in [5, 5.41) is 19.0. The SMILES string of the molecule is CC(C)(C)OC(=O)N[C@H](C(=O)O)c1ccccc1.CCC(C)OC(=O)Cl.CNC(=O)[C@@H](N)c1ccccc1.CNC(=O)[C@@H](NC(=O)OC(C)(C)C)c1ccccc1. The molecule has 0 bridgehead atoms. The summed E-state index contributed by atoms with van der Waals surface area (Å²) in [6, 6.07) is 24.3. The molecule has 7 N–H and O–H groups in total. The number of aliphatic carboxylic acids is 1. The third-order valence-electron chi connectivity index (χ3n) is 6.90. The number of benzene rings is 3. The zero-order valence-electron chi connectivity index (χ0n) is 34.3. The summed E-state index contributed by atoms with van der Waals surface area (Å²) < 4.78 is 14.7. The average molecular weight is 816 g/mol.